The molecule has 0 aliphatic carbocycles. The minimum absolute atomic E-state index is 0.169. The number of benzene rings is 1. The van der Waals surface area contributed by atoms with Gasteiger partial charge in [-0.2, -0.15) is 0 Å². The molecule has 144 valence electrons. The summed E-state index contributed by atoms with van der Waals surface area (Å²) in [5.74, 6) is -1.06. The van der Waals surface area contributed by atoms with Crippen LogP contribution in [-0.2, 0) is 9.53 Å². The van der Waals surface area contributed by atoms with E-state index in [-0.39, 0.29) is 18.3 Å². The number of amides is 1. The lowest BCUT2D eigenvalue weighted by Gasteiger charge is -2.31. The van der Waals surface area contributed by atoms with Gasteiger partial charge in [-0.25, -0.2) is 9.18 Å². The Balaban J connectivity index is 1.77. The van der Waals surface area contributed by atoms with Crippen molar-refractivity contribution in [2.75, 3.05) is 52.2 Å². The van der Waals surface area contributed by atoms with E-state index in [1.807, 2.05) is 0 Å². The number of carbonyl (C=O) groups is 2. The summed E-state index contributed by atoms with van der Waals surface area (Å²) in [6.07, 6.45) is 0. The number of halogens is 1. The van der Waals surface area contributed by atoms with Crippen molar-refractivity contribution < 1.29 is 18.7 Å². The molecule has 0 atom stereocenters. The number of nitrogens with zero attached hydrogens (tertiary/aromatic N) is 2. The number of piperazine rings is 1. The Hall–Kier alpha value is -2.29. The van der Waals surface area contributed by atoms with E-state index in [1.54, 1.807) is 17.5 Å². The maximum Gasteiger partial charge on any atom is 0.341 e. The normalized spacial score (nSPS) is 15.5. The Morgan fingerprint density at radius 1 is 1.19 bits per heavy atom. The van der Waals surface area contributed by atoms with Crippen LogP contribution in [0.2, 0.25) is 0 Å². The van der Waals surface area contributed by atoms with Gasteiger partial charge in [0.1, 0.15) is 16.4 Å². The summed E-state index contributed by atoms with van der Waals surface area (Å²) in [4.78, 5) is 29.1. The number of likely N-dealkylation sites (N-methyl/N-ethyl adjacent to an activating group) is 1. The number of hydrogen-bond donors (Lipinski definition) is 1. The van der Waals surface area contributed by atoms with Crippen molar-refractivity contribution in [3.8, 4) is 11.1 Å². The smallest absolute Gasteiger partial charge is 0.341 e. The van der Waals surface area contributed by atoms with Crippen LogP contribution in [0.15, 0.2) is 29.6 Å². The summed E-state index contributed by atoms with van der Waals surface area (Å²) in [5, 5.41) is 5.05. The van der Waals surface area contributed by atoms with E-state index in [2.05, 4.69) is 22.2 Å². The number of ether oxygens (including phenoxy) is 1. The molecular weight excluding hydrogens is 369 g/mol. The van der Waals surface area contributed by atoms with Gasteiger partial charge in [0.15, 0.2) is 0 Å². The molecule has 8 heteroatoms. The van der Waals surface area contributed by atoms with Crippen LogP contribution in [0.3, 0.4) is 0 Å². The summed E-state index contributed by atoms with van der Waals surface area (Å²) in [6, 6.07) is 5.86. The van der Waals surface area contributed by atoms with E-state index in [1.165, 1.54) is 30.6 Å². The zero-order valence-electron chi connectivity index (χ0n) is 15.3. The summed E-state index contributed by atoms with van der Waals surface area (Å²) < 4.78 is 18.1. The number of carbonyl (C=O) groups excluding carboxylic acids is 2. The number of rotatable bonds is 5. The minimum Gasteiger partial charge on any atom is -0.465 e. The second-order valence-electron chi connectivity index (χ2n) is 6.48. The molecule has 0 radical (unpaired) electrons. The first-order valence-corrected chi connectivity index (χ1v) is 9.52. The number of hydrogen-bond acceptors (Lipinski definition) is 6. The largest absolute Gasteiger partial charge is 0.465 e. The molecule has 1 saturated heterocycles. The van der Waals surface area contributed by atoms with Gasteiger partial charge in [0.2, 0.25) is 5.91 Å². The quantitative estimate of drug-likeness (QED) is 0.794. The molecule has 1 aromatic carbocycles. The van der Waals surface area contributed by atoms with Gasteiger partial charge in [-0.05, 0) is 24.7 Å². The van der Waals surface area contributed by atoms with Gasteiger partial charge < -0.3 is 15.0 Å². The molecule has 0 saturated carbocycles. The molecule has 1 aliphatic heterocycles. The third-order valence-corrected chi connectivity index (χ3v) is 5.45. The van der Waals surface area contributed by atoms with Crippen molar-refractivity contribution >= 4 is 28.2 Å². The fourth-order valence-electron chi connectivity index (χ4n) is 2.97. The van der Waals surface area contributed by atoms with Crippen LogP contribution in [0.1, 0.15) is 10.4 Å². The fourth-order valence-corrected chi connectivity index (χ4v) is 3.95. The third-order valence-electron chi connectivity index (χ3n) is 4.55. The lowest BCUT2D eigenvalue weighted by molar-refractivity contribution is -0.117. The molecule has 1 fully saturated rings. The molecule has 2 aromatic rings. The van der Waals surface area contributed by atoms with Crippen molar-refractivity contribution in [3.05, 3.63) is 41.0 Å². The summed E-state index contributed by atoms with van der Waals surface area (Å²) in [7, 11) is 3.35. The van der Waals surface area contributed by atoms with E-state index in [0.29, 0.717) is 21.7 Å². The molecule has 1 aromatic heterocycles. The summed E-state index contributed by atoms with van der Waals surface area (Å²) >= 11 is 1.26. The van der Waals surface area contributed by atoms with E-state index >= 15 is 0 Å². The lowest BCUT2D eigenvalue weighted by Crippen LogP contribution is -2.47. The highest BCUT2D eigenvalue weighted by Crippen LogP contribution is 2.36. The molecule has 1 N–H and O–H groups in total. The van der Waals surface area contributed by atoms with E-state index in [0.717, 1.165) is 26.2 Å². The average Bonchev–Trinajstić information content (AvgIpc) is 3.07. The van der Waals surface area contributed by atoms with E-state index < -0.39 is 5.97 Å². The molecule has 6 nitrogen and oxygen atoms in total. The molecule has 27 heavy (non-hydrogen) atoms. The minimum atomic E-state index is -0.537. The predicted molar refractivity (Wildman–Crippen MR) is 104 cm³/mol. The van der Waals surface area contributed by atoms with Crippen LogP contribution in [0, 0.1) is 5.82 Å². The van der Waals surface area contributed by atoms with Gasteiger partial charge in [-0.15, -0.1) is 11.3 Å². The Morgan fingerprint density at radius 2 is 1.85 bits per heavy atom. The van der Waals surface area contributed by atoms with Crippen LogP contribution >= 0.6 is 11.3 Å². The van der Waals surface area contributed by atoms with Crippen molar-refractivity contribution in [2.24, 2.45) is 0 Å². The van der Waals surface area contributed by atoms with Gasteiger partial charge in [0.05, 0.1) is 13.7 Å². The SMILES string of the molecule is COC(=O)c1c(-c2ccc(F)cc2)csc1NC(=O)CN1CCN(C)CC1. The standard InChI is InChI=1S/C19H22FN3O3S/c1-22-7-9-23(10-8-22)11-16(24)21-18-17(19(25)26-2)15(12-27-18)13-3-5-14(20)6-4-13/h3-6,12H,7-11H2,1-2H3,(H,21,24). The summed E-state index contributed by atoms with van der Waals surface area (Å²) in [6.45, 7) is 3.79. The first-order chi connectivity index (χ1) is 13.0. The molecule has 0 unspecified atom stereocenters. The van der Waals surface area contributed by atoms with E-state index in [4.69, 9.17) is 4.74 Å². The number of nitrogens with one attached hydrogen (secondary N) is 1. The average molecular weight is 391 g/mol. The molecule has 1 aliphatic rings. The van der Waals surface area contributed by atoms with Crippen molar-refractivity contribution in [3.63, 3.8) is 0 Å². The topological polar surface area (TPSA) is 61.9 Å². The molecule has 2 heterocycles. The number of anilines is 1. The Kier molecular flexibility index (Phi) is 6.20. The zero-order chi connectivity index (χ0) is 19.4. The second-order valence-corrected chi connectivity index (χ2v) is 7.36. The van der Waals surface area contributed by atoms with Crippen LogP contribution < -0.4 is 5.32 Å². The fraction of sp³-hybridized carbons (Fsp3) is 0.368. The van der Waals surface area contributed by atoms with Crippen molar-refractivity contribution in [1.29, 1.82) is 0 Å². The predicted octanol–water partition coefficient (Wildman–Crippen LogP) is 2.53. The summed E-state index contributed by atoms with van der Waals surface area (Å²) in [5.41, 5.74) is 1.59. The highest BCUT2D eigenvalue weighted by Gasteiger charge is 2.23. The van der Waals surface area contributed by atoms with Gasteiger partial charge in [-0.1, -0.05) is 12.1 Å². The molecular formula is C19H22FN3O3S. The number of thiophene rings is 1. The van der Waals surface area contributed by atoms with Crippen molar-refractivity contribution in [2.45, 2.75) is 0 Å². The Bertz CT molecular complexity index is 814. The second kappa shape index (κ2) is 8.60. The van der Waals surface area contributed by atoms with Gasteiger partial charge in [-0.3, -0.25) is 9.69 Å². The van der Waals surface area contributed by atoms with Gasteiger partial charge in [0, 0.05) is 37.1 Å². The maximum absolute atomic E-state index is 13.2. The Labute approximate surface area is 161 Å². The number of esters is 1. The van der Waals surface area contributed by atoms with Gasteiger partial charge in [0.25, 0.3) is 0 Å². The third kappa shape index (κ3) is 4.71. The first kappa shape index (κ1) is 19.5. The molecule has 0 bridgehead atoms. The maximum atomic E-state index is 13.2. The molecule has 0 spiro atoms. The molecule has 3 rings (SSSR count). The van der Waals surface area contributed by atoms with Crippen LogP contribution in [-0.4, -0.2) is 68.6 Å². The van der Waals surface area contributed by atoms with Crippen LogP contribution in [0.5, 0.6) is 0 Å². The monoisotopic (exact) mass is 391 g/mol. The lowest BCUT2D eigenvalue weighted by atomic mass is 10.0. The van der Waals surface area contributed by atoms with Gasteiger partial charge >= 0.3 is 5.97 Å². The van der Waals surface area contributed by atoms with Crippen molar-refractivity contribution in [1.82, 2.24) is 9.80 Å². The van der Waals surface area contributed by atoms with Crippen LogP contribution in [0.4, 0.5) is 9.39 Å². The van der Waals surface area contributed by atoms with E-state index in [9.17, 15) is 14.0 Å². The first-order valence-electron chi connectivity index (χ1n) is 8.64. The molecule has 1 amide bonds. The Morgan fingerprint density at radius 3 is 2.48 bits per heavy atom. The highest BCUT2D eigenvalue weighted by atomic mass is 32.1. The zero-order valence-corrected chi connectivity index (χ0v) is 16.1. The van der Waals surface area contributed by atoms with Crippen LogP contribution in [0.25, 0.3) is 11.1 Å². The number of methoxy groups -OCH3 is 1. The highest BCUT2D eigenvalue weighted by molar-refractivity contribution is 7.15.